The normalized spacial score (nSPS) is 11.6. The average molecular weight is 704 g/mol. The van der Waals surface area contributed by atoms with Crippen LogP contribution < -0.4 is 14.4 Å². The van der Waals surface area contributed by atoms with Gasteiger partial charge in [-0.2, -0.15) is 0 Å². The minimum atomic E-state index is 0.722. The lowest BCUT2D eigenvalue weighted by Gasteiger charge is -2.27. The molecule has 10 aromatic rings. The molecule has 0 aliphatic carbocycles. The van der Waals surface area contributed by atoms with Crippen molar-refractivity contribution in [1.29, 1.82) is 0 Å². The number of thiophene rings is 1. The predicted octanol–water partition coefficient (Wildman–Crippen LogP) is 13.9. The second-order valence-corrected chi connectivity index (χ2v) is 14.3. The molecule has 10 rings (SSSR count). The highest BCUT2D eigenvalue weighted by Gasteiger charge is 2.24. The fourth-order valence-electron chi connectivity index (χ4n) is 7.76. The zero-order valence-corrected chi connectivity index (χ0v) is 30.0. The molecule has 53 heavy (non-hydrogen) atoms. The van der Waals surface area contributed by atoms with Crippen LogP contribution in [-0.4, -0.2) is 14.2 Å². The molecule has 0 amide bonds. The summed E-state index contributed by atoms with van der Waals surface area (Å²) >= 11 is 1.84. The van der Waals surface area contributed by atoms with Crippen LogP contribution in [0.2, 0.25) is 0 Å². The van der Waals surface area contributed by atoms with Gasteiger partial charge in [-0.05, 0) is 75.0 Å². The maximum Gasteiger partial charge on any atom is 0.144 e. The van der Waals surface area contributed by atoms with Crippen molar-refractivity contribution < 1.29 is 13.9 Å². The van der Waals surface area contributed by atoms with E-state index in [4.69, 9.17) is 13.9 Å². The minimum absolute atomic E-state index is 0.722. The lowest BCUT2D eigenvalue weighted by molar-refractivity contribution is 0.394. The van der Waals surface area contributed by atoms with Gasteiger partial charge in [0.1, 0.15) is 22.7 Å². The number of rotatable bonds is 7. The summed E-state index contributed by atoms with van der Waals surface area (Å²) in [5.41, 5.74) is 8.14. The number of para-hydroxylation sites is 1. The number of fused-ring (bicyclic) bond motifs is 6. The van der Waals surface area contributed by atoms with Crippen LogP contribution >= 0.6 is 11.3 Å². The highest BCUT2D eigenvalue weighted by molar-refractivity contribution is 7.22. The van der Waals surface area contributed by atoms with E-state index in [0.717, 1.165) is 67.0 Å². The molecule has 0 bridgehead atoms. The topological polar surface area (TPSA) is 34.8 Å². The van der Waals surface area contributed by atoms with Crippen LogP contribution in [0.3, 0.4) is 0 Å². The second-order valence-electron chi connectivity index (χ2n) is 13.2. The zero-order valence-electron chi connectivity index (χ0n) is 29.2. The van der Waals surface area contributed by atoms with Gasteiger partial charge in [-0.1, -0.05) is 103 Å². The Kier molecular flexibility index (Phi) is 7.41. The van der Waals surface area contributed by atoms with E-state index in [2.05, 4.69) is 144 Å². The lowest BCUT2D eigenvalue weighted by Crippen LogP contribution is -2.10. The van der Waals surface area contributed by atoms with E-state index in [0.29, 0.717) is 0 Å². The number of hydrogen-bond acceptors (Lipinski definition) is 5. The Morgan fingerprint density at radius 3 is 1.85 bits per heavy atom. The summed E-state index contributed by atoms with van der Waals surface area (Å²) in [7, 11) is 3.37. The molecule has 2 heterocycles. The van der Waals surface area contributed by atoms with Crippen LogP contribution in [-0.2, 0) is 0 Å². The van der Waals surface area contributed by atoms with Gasteiger partial charge in [0, 0.05) is 61.1 Å². The number of hydrogen-bond donors (Lipinski definition) is 0. The van der Waals surface area contributed by atoms with E-state index in [1.807, 2.05) is 35.6 Å². The molecule has 0 radical (unpaired) electrons. The molecule has 0 unspecified atom stereocenters. The van der Waals surface area contributed by atoms with E-state index in [1.54, 1.807) is 14.2 Å². The smallest absolute Gasteiger partial charge is 0.144 e. The summed E-state index contributed by atoms with van der Waals surface area (Å²) < 4.78 is 19.6. The Bertz CT molecular complexity index is 2940. The van der Waals surface area contributed by atoms with Gasteiger partial charge in [-0.25, -0.2) is 0 Å². The van der Waals surface area contributed by atoms with Crippen molar-refractivity contribution >= 4 is 82.0 Å². The molecule has 0 aliphatic heterocycles. The van der Waals surface area contributed by atoms with Crippen LogP contribution in [0.5, 0.6) is 11.5 Å². The van der Waals surface area contributed by atoms with Crippen molar-refractivity contribution in [2.24, 2.45) is 0 Å². The molecule has 0 fully saturated rings. The Hall–Kier alpha value is -6.56. The Morgan fingerprint density at radius 2 is 1.11 bits per heavy atom. The van der Waals surface area contributed by atoms with Crippen molar-refractivity contribution in [3.63, 3.8) is 0 Å². The minimum Gasteiger partial charge on any atom is -0.497 e. The van der Waals surface area contributed by atoms with Crippen LogP contribution in [0.1, 0.15) is 0 Å². The van der Waals surface area contributed by atoms with Crippen LogP contribution in [0.25, 0.3) is 75.1 Å². The van der Waals surface area contributed by atoms with Gasteiger partial charge < -0.3 is 18.8 Å². The monoisotopic (exact) mass is 703 g/mol. The van der Waals surface area contributed by atoms with Crippen molar-refractivity contribution in [3.05, 3.63) is 164 Å². The number of ether oxygens (including phenoxy) is 2. The van der Waals surface area contributed by atoms with E-state index in [1.165, 1.54) is 36.7 Å². The standard InChI is InChI=1S/C48H33NO3S/c1-50-37-27-36(28-38(29-37)51-2)49(35-24-19-30-11-3-4-12-32(30)25-35)34-22-20-31(21-23-34)45-39-14-6-7-15-40(39)46(44-26-33-13-5-10-18-43(33)53-44)47-41-16-8-9-17-42(41)52-48(45)47/h3-29H,1-2H3. The Morgan fingerprint density at radius 1 is 0.491 bits per heavy atom. The molecule has 5 heteroatoms. The average Bonchev–Trinajstić information content (AvgIpc) is 3.82. The summed E-state index contributed by atoms with van der Waals surface area (Å²) in [5, 5.41) is 8.23. The molecule has 2 aromatic heterocycles. The van der Waals surface area contributed by atoms with Crippen molar-refractivity contribution in [1.82, 2.24) is 0 Å². The molecule has 4 nitrogen and oxygen atoms in total. The molecule has 254 valence electrons. The Labute approximate surface area is 310 Å². The molecular weight excluding hydrogens is 671 g/mol. The molecule has 0 atom stereocenters. The van der Waals surface area contributed by atoms with Gasteiger partial charge in [0.2, 0.25) is 0 Å². The highest BCUT2D eigenvalue weighted by Crippen LogP contribution is 2.50. The van der Waals surface area contributed by atoms with Crippen molar-refractivity contribution in [2.75, 3.05) is 19.1 Å². The van der Waals surface area contributed by atoms with Crippen LogP contribution in [0.4, 0.5) is 17.1 Å². The maximum absolute atomic E-state index is 6.86. The molecular formula is C48H33NO3S. The summed E-state index contributed by atoms with van der Waals surface area (Å²) in [4.78, 5) is 3.49. The van der Waals surface area contributed by atoms with Gasteiger partial charge in [0.05, 0.1) is 19.9 Å². The number of methoxy groups -OCH3 is 2. The number of benzene rings is 8. The molecule has 0 saturated carbocycles. The predicted molar refractivity (Wildman–Crippen MR) is 223 cm³/mol. The quantitative estimate of drug-likeness (QED) is 0.165. The van der Waals surface area contributed by atoms with Gasteiger partial charge in [0.25, 0.3) is 0 Å². The summed E-state index contributed by atoms with van der Waals surface area (Å²) in [6, 6.07) is 57.9. The van der Waals surface area contributed by atoms with Crippen LogP contribution in [0, 0.1) is 0 Å². The number of furan rings is 1. The summed E-state index contributed by atoms with van der Waals surface area (Å²) in [6.45, 7) is 0. The fraction of sp³-hybridized carbons (Fsp3) is 0.0417. The molecule has 0 aliphatic rings. The Balaban J connectivity index is 1.20. The SMILES string of the molecule is COc1cc(OC)cc(N(c2ccc(-c3c4ccccc4c(-c4cc5ccccc5s4)c4c3oc3ccccc34)cc2)c2ccc3ccccc3c2)c1. The van der Waals surface area contributed by atoms with Crippen molar-refractivity contribution in [2.45, 2.75) is 0 Å². The third-order valence-electron chi connectivity index (χ3n) is 10.2. The van der Waals surface area contributed by atoms with E-state index >= 15 is 0 Å². The lowest BCUT2D eigenvalue weighted by atomic mass is 9.90. The third-order valence-corrected chi connectivity index (χ3v) is 11.3. The first-order valence-corrected chi connectivity index (χ1v) is 18.5. The van der Waals surface area contributed by atoms with E-state index in [-0.39, 0.29) is 0 Å². The van der Waals surface area contributed by atoms with Crippen LogP contribution in [0.15, 0.2) is 168 Å². The molecule has 8 aromatic carbocycles. The van der Waals surface area contributed by atoms with Gasteiger partial charge in [0.15, 0.2) is 0 Å². The van der Waals surface area contributed by atoms with E-state index < -0.39 is 0 Å². The summed E-state index contributed by atoms with van der Waals surface area (Å²) in [6.07, 6.45) is 0. The largest absolute Gasteiger partial charge is 0.497 e. The first-order chi connectivity index (χ1) is 26.2. The second kappa shape index (κ2) is 12.6. The van der Waals surface area contributed by atoms with E-state index in [9.17, 15) is 0 Å². The molecule has 0 saturated heterocycles. The highest BCUT2D eigenvalue weighted by atomic mass is 32.1. The van der Waals surface area contributed by atoms with Gasteiger partial charge in [-0.3, -0.25) is 0 Å². The fourth-order valence-corrected chi connectivity index (χ4v) is 8.88. The molecule has 0 spiro atoms. The first-order valence-electron chi connectivity index (χ1n) is 17.6. The zero-order chi connectivity index (χ0) is 35.5. The number of nitrogens with zero attached hydrogens (tertiary/aromatic N) is 1. The van der Waals surface area contributed by atoms with Crippen molar-refractivity contribution in [3.8, 4) is 33.1 Å². The number of anilines is 3. The molecule has 0 N–H and O–H groups in total. The summed E-state index contributed by atoms with van der Waals surface area (Å²) in [5.74, 6) is 1.44. The van der Waals surface area contributed by atoms with Gasteiger partial charge >= 0.3 is 0 Å². The van der Waals surface area contributed by atoms with Gasteiger partial charge in [-0.15, -0.1) is 11.3 Å². The maximum atomic E-state index is 6.86. The first kappa shape index (κ1) is 31.2. The third kappa shape index (κ3) is 5.20.